The molecule has 0 atom stereocenters. The lowest BCUT2D eigenvalue weighted by molar-refractivity contribution is 0.102. The third kappa shape index (κ3) is 2.92. The lowest BCUT2D eigenvalue weighted by atomic mass is 10.0. The third-order valence-electron chi connectivity index (χ3n) is 3.91. The van der Waals surface area contributed by atoms with Crippen LogP contribution in [0.25, 0.3) is 0 Å². The predicted molar refractivity (Wildman–Crippen MR) is 87.1 cm³/mol. The number of anilines is 2. The van der Waals surface area contributed by atoms with E-state index in [1.54, 1.807) is 0 Å². The van der Waals surface area contributed by atoms with Gasteiger partial charge in [0.2, 0.25) is 0 Å². The molecule has 0 aromatic heterocycles. The molecule has 1 aliphatic rings. The first-order chi connectivity index (χ1) is 10.1. The van der Waals surface area contributed by atoms with Gasteiger partial charge >= 0.3 is 0 Å². The Hall–Kier alpha value is -2.29. The first-order valence-electron chi connectivity index (χ1n) is 7.41. The van der Waals surface area contributed by atoms with Crippen molar-refractivity contribution in [3.05, 3.63) is 59.2 Å². The smallest absolute Gasteiger partial charge is 0.255 e. The number of nitrogens with one attached hydrogen (secondary N) is 2. The number of hydrogen-bond acceptors (Lipinski definition) is 2. The highest BCUT2D eigenvalue weighted by molar-refractivity contribution is 6.04. The van der Waals surface area contributed by atoms with E-state index >= 15 is 0 Å². The van der Waals surface area contributed by atoms with Crippen LogP contribution in [0, 0.1) is 0 Å². The fourth-order valence-corrected chi connectivity index (χ4v) is 2.61. The molecule has 0 spiro atoms. The first kappa shape index (κ1) is 13.7. The van der Waals surface area contributed by atoms with Crippen molar-refractivity contribution in [2.24, 2.45) is 0 Å². The molecule has 0 radical (unpaired) electrons. The molecule has 108 valence electrons. The number of carbonyl (C=O) groups is 1. The van der Waals surface area contributed by atoms with E-state index in [2.05, 4.69) is 30.5 Å². The first-order valence-corrected chi connectivity index (χ1v) is 7.41. The van der Waals surface area contributed by atoms with E-state index in [9.17, 15) is 4.79 Å². The van der Waals surface area contributed by atoms with Crippen molar-refractivity contribution in [3.8, 4) is 0 Å². The molecule has 3 heteroatoms. The molecule has 0 fully saturated rings. The Morgan fingerprint density at radius 1 is 1.14 bits per heavy atom. The normalized spacial score (nSPS) is 12.9. The van der Waals surface area contributed by atoms with Crippen molar-refractivity contribution >= 4 is 17.3 Å². The van der Waals surface area contributed by atoms with E-state index in [0.29, 0.717) is 11.5 Å². The summed E-state index contributed by atoms with van der Waals surface area (Å²) in [5, 5.41) is 6.29. The van der Waals surface area contributed by atoms with Crippen LogP contribution in [0.3, 0.4) is 0 Å². The SMILES string of the molecule is CC(C)c1ccc(C(=O)Nc2ccc3c(c2)CCN3)cc1. The minimum Gasteiger partial charge on any atom is -0.384 e. The van der Waals surface area contributed by atoms with Gasteiger partial charge in [-0.1, -0.05) is 26.0 Å². The Morgan fingerprint density at radius 2 is 1.90 bits per heavy atom. The van der Waals surface area contributed by atoms with Crippen molar-refractivity contribution in [1.29, 1.82) is 0 Å². The van der Waals surface area contributed by atoms with Crippen LogP contribution >= 0.6 is 0 Å². The van der Waals surface area contributed by atoms with Crippen molar-refractivity contribution in [2.45, 2.75) is 26.2 Å². The van der Waals surface area contributed by atoms with Crippen molar-refractivity contribution in [3.63, 3.8) is 0 Å². The molecular weight excluding hydrogens is 260 g/mol. The Bertz CT molecular complexity index is 659. The summed E-state index contributed by atoms with van der Waals surface area (Å²) in [5.41, 5.74) is 5.24. The largest absolute Gasteiger partial charge is 0.384 e. The molecule has 0 saturated carbocycles. The Morgan fingerprint density at radius 3 is 2.62 bits per heavy atom. The molecule has 0 unspecified atom stereocenters. The highest BCUT2D eigenvalue weighted by atomic mass is 16.1. The van der Waals surface area contributed by atoms with Gasteiger partial charge in [-0.05, 0) is 53.8 Å². The topological polar surface area (TPSA) is 41.1 Å². The molecule has 0 saturated heterocycles. The zero-order chi connectivity index (χ0) is 14.8. The van der Waals surface area contributed by atoms with Gasteiger partial charge in [0.25, 0.3) is 5.91 Å². The van der Waals surface area contributed by atoms with Crippen LogP contribution in [0.1, 0.15) is 41.3 Å². The van der Waals surface area contributed by atoms with E-state index in [4.69, 9.17) is 0 Å². The van der Waals surface area contributed by atoms with Gasteiger partial charge in [-0.2, -0.15) is 0 Å². The fourth-order valence-electron chi connectivity index (χ4n) is 2.61. The number of hydrogen-bond donors (Lipinski definition) is 2. The lowest BCUT2D eigenvalue weighted by Gasteiger charge is -2.09. The summed E-state index contributed by atoms with van der Waals surface area (Å²) in [5.74, 6) is 0.419. The van der Waals surface area contributed by atoms with Gasteiger partial charge in [0.05, 0.1) is 0 Å². The van der Waals surface area contributed by atoms with Gasteiger partial charge in [-0.25, -0.2) is 0 Å². The summed E-state index contributed by atoms with van der Waals surface area (Å²) >= 11 is 0. The molecule has 1 heterocycles. The van der Waals surface area contributed by atoms with E-state index < -0.39 is 0 Å². The van der Waals surface area contributed by atoms with Crippen LogP contribution in [0.15, 0.2) is 42.5 Å². The molecule has 2 N–H and O–H groups in total. The summed E-state index contributed by atoms with van der Waals surface area (Å²) in [4.78, 5) is 12.3. The van der Waals surface area contributed by atoms with Gasteiger partial charge in [0.15, 0.2) is 0 Å². The highest BCUT2D eigenvalue weighted by Gasteiger charge is 2.12. The van der Waals surface area contributed by atoms with Crippen LogP contribution in [-0.2, 0) is 6.42 Å². The summed E-state index contributed by atoms with van der Waals surface area (Å²) in [6, 6.07) is 13.8. The second-order valence-electron chi connectivity index (χ2n) is 5.78. The number of amides is 1. The maximum absolute atomic E-state index is 12.3. The number of carbonyl (C=O) groups excluding carboxylic acids is 1. The molecule has 3 rings (SSSR count). The number of rotatable bonds is 3. The van der Waals surface area contributed by atoms with Crippen molar-refractivity contribution < 1.29 is 4.79 Å². The molecule has 1 aliphatic heterocycles. The summed E-state index contributed by atoms with van der Waals surface area (Å²) in [7, 11) is 0. The predicted octanol–water partition coefficient (Wildman–Crippen LogP) is 4.03. The zero-order valence-corrected chi connectivity index (χ0v) is 12.4. The summed E-state index contributed by atoms with van der Waals surface area (Å²) < 4.78 is 0. The zero-order valence-electron chi connectivity index (χ0n) is 12.4. The van der Waals surface area contributed by atoms with Crippen LogP contribution in [0.2, 0.25) is 0 Å². The van der Waals surface area contributed by atoms with E-state index in [0.717, 1.165) is 18.7 Å². The molecule has 2 aromatic rings. The average molecular weight is 280 g/mol. The van der Waals surface area contributed by atoms with Gasteiger partial charge in [0.1, 0.15) is 0 Å². The fraction of sp³-hybridized carbons (Fsp3) is 0.278. The minimum atomic E-state index is -0.0591. The number of fused-ring (bicyclic) bond motifs is 1. The van der Waals surface area contributed by atoms with Crippen molar-refractivity contribution in [1.82, 2.24) is 0 Å². The van der Waals surface area contributed by atoms with E-state index in [1.165, 1.54) is 16.8 Å². The molecule has 3 nitrogen and oxygen atoms in total. The van der Waals surface area contributed by atoms with Crippen LogP contribution in [-0.4, -0.2) is 12.5 Å². The highest BCUT2D eigenvalue weighted by Crippen LogP contribution is 2.25. The quantitative estimate of drug-likeness (QED) is 0.891. The monoisotopic (exact) mass is 280 g/mol. The standard InChI is InChI=1S/C18H20N2O/c1-12(2)13-3-5-14(6-4-13)18(21)20-16-7-8-17-15(11-16)9-10-19-17/h3-8,11-12,19H,9-10H2,1-2H3,(H,20,21). The van der Waals surface area contributed by atoms with E-state index in [-0.39, 0.29) is 5.91 Å². The maximum atomic E-state index is 12.3. The second-order valence-corrected chi connectivity index (χ2v) is 5.78. The van der Waals surface area contributed by atoms with Crippen LogP contribution in [0.4, 0.5) is 11.4 Å². The average Bonchev–Trinajstić information content (AvgIpc) is 2.95. The molecular formula is C18H20N2O. The van der Waals surface area contributed by atoms with Crippen LogP contribution in [0.5, 0.6) is 0 Å². The molecule has 21 heavy (non-hydrogen) atoms. The molecule has 0 aliphatic carbocycles. The third-order valence-corrected chi connectivity index (χ3v) is 3.91. The van der Waals surface area contributed by atoms with Crippen LogP contribution < -0.4 is 10.6 Å². The van der Waals surface area contributed by atoms with Crippen molar-refractivity contribution in [2.75, 3.05) is 17.2 Å². The Balaban J connectivity index is 1.74. The second kappa shape index (κ2) is 5.60. The number of benzene rings is 2. The Kier molecular flexibility index (Phi) is 3.65. The summed E-state index contributed by atoms with van der Waals surface area (Å²) in [6.45, 7) is 5.27. The van der Waals surface area contributed by atoms with Gasteiger partial charge in [0, 0.05) is 23.5 Å². The molecule has 1 amide bonds. The molecule has 0 bridgehead atoms. The van der Waals surface area contributed by atoms with Gasteiger partial charge in [-0.15, -0.1) is 0 Å². The molecule has 2 aromatic carbocycles. The van der Waals surface area contributed by atoms with Gasteiger partial charge < -0.3 is 10.6 Å². The van der Waals surface area contributed by atoms with E-state index in [1.807, 2.05) is 36.4 Å². The minimum absolute atomic E-state index is 0.0591. The Labute approximate surface area is 125 Å². The van der Waals surface area contributed by atoms with Gasteiger partial charge in [-0.3, -0.25) is 4.79 Å². The summed E-state index contributed by atoms with van der Waals surface area (Å²) in [6.07, 6.45) is 1.02. The lowest BCUT2D eigenvalue weighted by Crippen LogP contribution is -2.12. The maximum Gasteiger partial charge on any atom is 0.255 e.